The summed E-state index contributed by atoms with van der Waals surface area (Å²) < 4.78 is 0. The molecule has 0 aliphatic carbocycles. The second-order valence-corrected chi connectivity index (χ2v) is 5.83. The maximum Gasteiger partial charge on any atom is 0.241 e. The molecule has 0 saturated carbocycles. The van der Waals surface area contributed by atoms with Gasteiger partial charge in [0.25, 0.3) is 0 Å². The zero-order valence-corrected chi connectivity index (χ0v) is 14.8. The van der Waals surface area contributed by atoms with Crippen LogP contribution in [0.25, 0.3) is 0 Å². The molecule has 1 amide bonds. The first-order valence-electron chi connectivity index (χ1n) is 8.84. The number of carbonyl (C=O) groups excluding carboxylic acids is 1. The summed E-state index contributed by atoms with van der Waals surface area (Å²) in [6, 6.07) is 10.5. The number of piperazine rings is 1. The fraction of sp³-hybridized carbons (Fsp3) is 0.556. The highest BCUT2D eigenvalue weighted by atomic mass is 16.1. The fourth-order valence-electron chi connectivity index (χ4n) is 2.71. The lowest BCUT2D eigenvalue weighted by molar-refractivity contribution is -0.119. The fourth-order valence-corrected chi connectivity index (χ4v) is 2.71. The molecule has 1 aliphatic heterocycles. The van der Waals surface area contributed by atoms with Crippen LogP contribution in [0.15, 0.2) is 35.3 Å². The third kappa shape index (κ3) is 5.44. The highest BCUT2D eigenvalue weighted by molar-refractivity contribution is 5.85. The van der Waals surface area contributed by atoms with Crippen LogP contribution in [0.4, 0.5) is 5.69 Å². The molecule has 1 aliphatic rings. The molecule has 6 heteroatoms. The molecule has 0 spiro atoms. The van der Waals surface area contributed by atoms with E-state index in [9.17, 15) is 4.79 Å². The van der Waals surface area contributed by atoms with Gasteiger partial charge in [0.1, 0.15) is 6.54 Å². The molecule has 1 aromatic carbocycles. The van der Waals surface area contributed by atoms with Gasteiger partial charge in [-0.15, -0.1) is 0 Å². The summed E-state index contributed by atoms with van der Waals surface area (Å²) in [6.45, 7) is 9.49. The number of anilines is 1. The highest BCUT2D eigenvalue weighted by Crippen LogP contribution is 2.15. The molecule has 0 radical (unpaired) electrons. The highest BCUT2D eigenvalue weighted by Gasteiger charge is 2.19. The van der Waals surface area contributed by atoms with Crippen LogP contribution in [0.5, 0.6) is 0 Å². The van der Waals surface area contributed by atoms with E-state index >= 15 is 0 Å². The number of amides is 1. The molecule has 0 atom stereocenters. The van der Waals surface area contributed by atoms with E-state index in [-0.39, 0.29) is 12.5 Å². The van der Waals surface area contributed by atoms with Crippen LogP contribution in [0.3, 0.4) is 0 Å². The van der Waals surface area contributed by atoms with Crippen molar-refractivity contribution in [2.45, 2.75) is 20.3 Å². The lowest BCUT2D eigenvalue weighted by Crippen LogP contribution is -2.52. The Bertz CT molecular complexity index is 523. The van der Waals surface area contributed by atoms with Gasteiger partial charge in [-0.25, -0.2) is 4.99 Å². The second kappa shape index (κ2) is 9.80. The van der Waals surface area contributed by atoms with Gasteiger partial charge in [-0.1, -0.05) is 25.1 Å². The molecule has 0 bridgehead atoms. The van der Waals surface area contributed by atoms with Crippen molar-refractivity contribution in [2.75, 3.05) is 50.7 Å². The quantitative estimate of drug-likeness (QED) is 0.609. The number of carbonyl (C=O) groups is 1. The minimum absolute atomic E-state index is 0.0184. The van der Waals surface area contributed by atoms with Gasteiger partial charge in [-0.2, -0.15) is 0 Å². The van der Waals surface area contributed by atoms with E-state index < -0.39 is 0 Å². The average Bonchev–Trinajstić information content (AvgIpc) is 2.64. The molecular formula is C18H29N5O. The average molecular weight is 331 g/mol. The first-order chi connectivity index (χ1) is 11.7. The van der Waals surface area contributed by atoms with Crippen LogP contribution in [-0.4, -0.2) is 62.6 Å². The Morgan fingerprint density at radius 3 is 2.42 bits per heavy atom. The molecule has 1 aromatic rings. The number of hydrogen-bond acceptors (Lipinski definition) is 3. The van der Waals surface area contributed by atoms with Gasteiger partial charge in [-0.3, -0.25) is 4.79 Å². The van der Waals surface area contributed by atoms with Gasteiger partial charge in [0.2, 0.25) is 5.91 Å². The van der Waals surface area contributed by atoms with Crippen molar-refractivity contribution >= 4 is 17.6 Å². The van der Waals surface area contributed by atoms with E-state index in [0.29, 0.717) is 6.54 Å². The Morgan fingerprint density at radius 1 is 1.08 bits per heavy atom. The second-order valence-electron chi connectivity index (χ2n) is 5.83. The van der Waals surface area contributed by atoms with E-state index in [1.54, 1.807) is 0 Å². The number of hydrogen-bond donors (Lipinski definition) is 2. The predicted octanol–water partition coefficient (Wildman–Crippen LogP) is 1.30. The summed E-state index contributed by atoms with van der Waals surface area (Å²) >= 11 is 0. The standard InChI is InChI=1S/C18H29N5O/c1-3-10-20-17(24)15-21-18(19-4-2)23-13-11-22(12-14-23)16-8-6-5-7-9-16/h5-9H,3-4,10-15H2,1-2H3,(H,19,21)(H,20,24). The van der Waals surface area contributed by atoms with Gasteiger partial charge in [0, 0.05) is 45.0 Å². The summed E-state index contributed by atoms with van der Waals surface area (Å²) in [5, 5.41) is 6.16. The molecular weight excluding hydrogens is 302 g/mol. The first-order valence-corrected chi connectivity index (χ1v) is 8.84. The van der Waals surface area contributed by atoms with Crippen molar-refractivity contribution < 1.29 is 4.79 Å². The first kappa shape index (κ1) is 18.1. The summed E-state index contributed by atoms with van der Waals surface area (Å²) in [7, 11) is 0. The Labute approximate surface area is 144 Å². The molecule has 0 aromatic heterocycles. The monoisotopic (exact) mass is 331 g/mol. The smallest absolute Gasteiger partial charge is 0.241 e. The Balaban J connectivity index is 1.89. The maximum atomic E-state index is 11.8. The van der Waals surface area contributed by atoms with E-state index in [1.165, 1.54) is 5.69 Å². The van der Waals surface area contributed by atoms with Crippen molar-refractivity contribution in [3.8, 4) is 0 Å². The summed E-state index contributed by atoms with van der Waals surface area (Å²) in [5.74, 6) is 0.812. The molecule has 1 heterocycles. The van der Waals surface area contributed by atoms with Gasteiger partial charge in [0.05, 0.1) is 0 Å². The molecule has 6 nitrogen and oxygen atoms in total. The lowest BCUT2D eigenvalue weighted by atomic mass is 10.2. The number of rotatable bonds is 6. The van der Waals surface area contributed by atoms with Crippen molar-refractivity contribution in [2.24, 2.45) is 4.99 Å². The summed E-state index contributed by atoms with van der Waals surface area (Å²) in [4.78, 5) is 20.9. The lowest BCUT2D eigenvalue weighted by Gasteiger charge is -2.37. The zero-order chi connectivity index (χ0) is 17.2. The largest absolute Gasteiger partial charge is 0.368 e. The molecule has 0 unspecified atom stereocenters. The van der Waals surface area contributed by atoms with Gasteiger partial charge in [0.15, 0.2) is 5.96 Å². The maximum absolute atomic E-state index is 11.8. The molecule has 132 valence electrons. The van der Waals surface area contributed by atoms with E-state index in [4.69, 9.17) is 0 Å². The van der Waals surface area contributed by atoms with Crippen molar-refractivity contribution in [3.63, 3.8) is 0 Å². The molecule has 1 fully saturated rings. The number of nitrogens with one attached hydrogen (secondary N) is 2. The Hall–Kier alpha value is -2.24. The molecule has 2 N–H and O–H groups in total. The van der Waals surface area contributed by atoms with Crippen LogP contribution >= 0.6 is 0 Å². The molecule has 1 saturated heterocycles. The Morgan fingerprint density at radius 2 is 1.79 bits per heavy atom. The van der Waals surface area contributed by atoms with Crippen LogP contribution in [-0.2, 0) is 4.79 Å². The van der Waals surface area contributed by atoms with Gasteiger partial charge >= 0.3 is 0 Å². The molecule has 2 rings (SSSR count). The minimum atomic E-state index is -0.0184. The minimum Gasteiger partial charge on any atom is -0.368 e. The summed E-state index contributed by atoms with van der Waals surface area (Å²) in [6.07, 6.45) is 0.941. The van der Waals surface area contributed by atoms with E-state index in [2.05, 4.69) is 49.7 Å². The zero-order valence-electron chi connectivity index (χ0n) is 14.8. The Kier molecular flexibility index (Phi) is 7.39. The topological polar surface area (TPSA) is 60.0 Å². The van der Waals surface area contributed by atoms with Crippen molar-refractivity contribution in [3.05, 3.63) is 30.3 Å². The van der Waals surface area contributed by atoms with Gasteiger partial charge in [-0.05, 0) is 25.5 Å². The van der Waals surface area contributed by atoms with Crippen LogP contribution in [0, 0.1) is 0 Å². The third-order valence-corrected chi connectivity index (χ3v) is 3.98. The van der Waals surface area contributed by atoms with Crippen LogP contribution in [0.1, 0.15) is 20.3 Å². The molecule has 24 heavy (non-hydrogen) atoms. The number of guanidine groups is 1. The van der Waals surface area contributed by atoms with Gasteiger partial charge < -0.3 is 20.4 Å². The normalized spacial score (nSPS) is 15.3. The van der Waals surface area contributed by atoms with Crippen LogP contribution < -0.4 is 15.5 Å². The number of benzene rings is 1. The number of para-hydroxylation sites is 1. The predicted molar refractivity (Wildman–Crippen MR) is 99.5 cm³/mol. The van der Waals surface area contributed by atoms with E-state index in [1.807, 2.05) is 19.9 Å². The number of nitrogens with zero attached hydrogens (tertiary/aromatic N) is 3. The summed E-state index contributed by atoms with van der Waals surface area (Å²) in [5.41, 5.74) is 1.26. The van der Waals surface area contributed by atoms with E-state index in [0.717, 1.165) is 45.1 Å². The number of aliphatic imine (C=N–C) groups is 1. The SMILES string of the molecule is CCCNC(=O)CN=C(NCC)N1CCN(c2ccccc2)CC1. The third-order valence-electron chi connectivity index (χ3n) is 3.98. The van der Waals surface area contributed by atoms with Crippen molar-refractivity contribution in [1.29, 1.82) is 0 Å². The van der Waals surface area contributed by atoms with Crippen LogP contribution in [0.2, 0.25) is 0 Å². The van der Waals surface area contributed by atoms with Crippen molar-refractivity contribution in [1.82, 2.24) is 15.5 Å².